The molecule has 0 radical (unpaired) electrons. The molecule has 0 N–H and O–H groups in total. The van der Waals surface area contributed by atoms with Crippen molar-refractivity contribution >= 4 is 19.5 Å². The van der Waals surface area contributed by atoms with Gasteiger partial charge >= 0.3 is 0 Å². The molecular weight excluding hydrogens is 320 g/mol. The van der Waals surface area contributed by atoms with Crippen LogP contribution in [0.1, 0.15) is 27.7 Å². The first-order valence-corrected chi connectivity index (χ1v) is 12.2. The molecule has 0 saturated heterocycles. The lowest BCUT2D eigenvalue weighted by molar-refractivity contribution is 0.783. The lowest BCUT2D eigenvalue weighted by Gasteiger charge is -2.33. The first kappa shape index (κ1) is 16.5. The highest BCUT2D eigenvalue weighted by Gasteiger charge is 2.44. The van der Waals surface area contributed by atoms with E-state index in [2.05, 4.69) is 75.1 Å². The van der Waals surface area contributed by atoms with Crippen molar-refractivity contribution in [1.29, 1.82) is 0 Å². The molecule has 25 heavy (non-hydrogen) atoms. The zero-order valence-corrected chi connectivity index (χ0v) is 17.0. The summed E-state index contributed by atoms with van der Waals surface area (Å²) in [7, 11) is -1.90. The smallest absolute Gasteiger partial charge is 0.114 e. The standard InChI is InChI=1S/C22H26N2Si/c1-13(2)17-11-19-15(7-9-23-19)21(17)25(5,6)22-16-8-10-24-20(16)12-18(22)14(3)4/h7-14H,1-6H3. The Labute approximate surface area is 151 Å². The van der Waals surface area contributed by atoms with Crippen molar-refractivity contribution in [2.45, 2.75) is 40.8 Å². The fourth-order valence-corrected chi connectivity index (χ4v) is 8.71. The predicted molar refractivity (Wildman–Crippen MR) is 111 cm³/mol. The summed E-state index contributed by atoms with van der Waals surface area (Å²) >= 11 is 0. The molecule has 2 aliphatic carbocycles. The summed E-state index contributed by atoms with van der Waals surface area (Å²) in [6.45, 7) is 14.2. The van der Waals surface area contributed by atoms with Crippen molar-refractivity contribution in [3.63, 3.8) is 0 Å². The van der Waals surface area contributed by atoms with E-state index >= 15 is 0 Å². The molecule has 0 aromatic heterocycles. The summed E-state index contributed by atoms with van der Waals surface area (Å²) in [5, 5.41) is 3.15. The summed E-state index contributed by atoms with van der Waals surface area (Å²) in [5.41, 5.74) is 8.02. The Balaban J connectivity index is 1.93. The van der Waals surface area contributed by atoms with E-state index in [4.69, 9.17) is 0 Å². The van der Waals surface area contributed by atoms with E-state index in [1.54, 1.807) is 10.4 Å². The largest absolute Gasteiger partial charge is 0.256 e. The van der Waals surface area contributed by atoms with Crippen LogP contribution >= 0.6 is 0 Å². The molecule has 2 aliphatic heterocycles. The maximum absolute atomic E-state index is 4.60. The topological polar surface area (TPSA) is 24.7 Å². The summed E-state index contributed by atoms with van der Waals surface area (Å²) in [6.07, 6.45) is 13.0. The van der Waals surface area contributed by atoms with Gasteiger partial charge in [0.1, 0.15) is 8.07 Å². The van der Waals surface area contributed by atoms with E-state index in [0.717, 1.165) is 11.4 Å². The zero-order chi connectivity index (χ0) is 17.9. The molecule has 0 unspecified atom stereocenters. The fraction of sp³-hybridized carbons (Fsp3) is 0.364. The maximum atomic E-state index is 4.60. The van der Waals surface area contributed by atoms with Crippen molar-refractivity contribution < 1.29 is 0 Å². The molecule has 4 aliphatic rings. The average molecular weight is 347 g/mol. The Morgan fingerprint density at radius 3 is 1.48 bits per heavy atom. The third-order valence-corrected chi connectivity index (χ3v) is 9.27. The first-order valence-electron chi connectivity index (χ1n) is 9.25. The molecule has 2 heterocycles. The Bertz CT molecular complexity index is 836. The third-order valence-electron chi connectivity index (χ3n) is 5.66. The molecule has 128 valence electrons. The molecule has 0 saturated carbocycles. The number of allylic oxidation sites excluding steroid dienone is 10. The van der Waals surface area contributed by atoms with Crippen molar-refractivity contribution in [1.82, 2.24) is 0 Å². The van der Waals surface area contributed by atoms with E-state index in [0.29, 0.717) is 11.8 Å². The highest BCUT2D eigenvalue weighted by molar-refractivity contribution is 6.93. The van der Waals surface area contributed by atoms with Gasteiger partial charge in [0.15, 0.2) is 0 Å². The molecular formula is C22H26N2Si. The van der Waals surface area contributed by atoms with Crippen LogP contribution in [-0.4, -0.2) is 19.5 Å². The number of rotatable bonds is 4. The fourth-order valence-electron chi connectivity index (χ4n) is 4.53. The van der Waals surface area contributed by atoms with Gasteiger partial charge < -0.3 is 0 Å². The van der Waals surface area contributed by atoms with E-state index in [1.165, 1.54) is 22.3 Å². The molecule has 2 nitrogen and oxygen atoms in total. The minimum Gasteiger partial charge on any atom is -0.256 e. The molecule has 0 fully saturated rings. The second-order valence-electron chi connectivity index (χ2n) is 8.37. The molecule has 0 aromatic rings. The monoisotopic (exact) mass is 346 g/mol. The Morgan fingerprint density at radius 1 is 0.720 bits per heavy atom. The molecule has 0 spiro atoms. The van der Waals surface area contributed by atoms with Crippen LogP contribution in [0.15, 0.2) is 79.4 Å². The Hall–Kier alpha value is -2.00. The molecule has 0 amide bonds. The highest BCUT2D eigenvalue weighted by atomic mass is 28.3. The van der Waals surface area contributed by atoms with Gasteiger partial charge in [0.25, 0.3) is 0 Å². The Morgan fingerprint density at radius 2 is 1.12 bits per heavy atom. The average Bonchev–Trinajstić information content (AvgIpc) is 3.24. The van der Waals surface area contributed by atoms with Gasteiger partial charge in [-0.2, -0.15) is 0 Å². The molecule has 0 atom stereocenters. The summed E-state index contributed by atoms with van der Waals surface area (Å²) in [6, 6.07) is 0. The zero-order valence-electron chi connectivity index (χ0n) is 16.0. The molecule has 3 heteroatoms. The first-order chi connectivity index (χ1) is 11.8. The van der Waals surface area contributed by atoms with Gasteiger partial charge in [-0.15, -0.1) is 0 Å². The van der Waals surface area contributed by atoms with E-state index in [-0.39, 0.29) is 0 Å². The van der Waals surface area contributed by atoms with Crippen molar-refractivity contribution in [3.05, 3.63) is 69.4 Å². The number of aliphatic imine (C=N–C) groups is 2. The minimum absolute atomic E-state index is 0.515. The summed E-state index contributed by atoms with van der Waals surface area (Å²) < 4.78 is 0. The lowest BCUT2D eigenvalue weighted by atomic mass is 10.0. The van der Waals surface area contributed by atoms with E-state index in [1.807, 2.05) is 12.4 Å². The van der Waals surface area contributed by atoms with Crippen LogP contribution in [-0.2, 0) is 0 Å². The second-order valence-corrected chi connectivity index (χ2v) is 12.6. The van der Waals surface area contributed by atoms with Crippen LogP contribution in [0.5, 0.6) is 0 Å². The van der Waals surface area contributed by atoms with E-state index < -0.39 is 8.07 Å². The summed E-state index contributed by atoms with van der Waals surface area (Å²) in [5.74, 6) is 1.03. The molecule has 0 bridgehead atoms. The van der Waals surface area contributed by atoms with E-state index in [9.17, 15) is 0 Å². The van der Waals surface area contributed by atoms with Crippen LogP contribution in [0.2, 0.25) is 13.1 Å². The van der Waals surface area contributed by atoms with Crippen LogP contribution in [0, 0.1) is 11.8 Å². The van der Waals surface area contributed by atoms with Gasteiger partial charge in [0.05, 0.1) is 11.4 Å². The highest BCUT2D eigenvalue weighted by Crippen LogP contribution is 2.47. The lowest BCUT2D eigenvalue weighted by Crippen LogP contribution is -2.36. The SMILES string of the molecule is CC(C)C1=CC2=NC=CC2=C1[Si](C)(C)C1=C2C=CN=C2C=C1C(C)C. The molecule has 0 aromatic carbocycles. The molecule has 4 rings (SSSR count). The van der Waals surface area contributed by atoms with Crippen LogP contribution < -0.4 is 0 Å². The van der Waals surface area contributed by atoms with Gasteiger partial charge in [-0.1, -0.05) is 40.8 Å². The van der Waals surface area contributed by atoms with Gasteiger partial charge in [-0.05, 0) is 57.7 Å². The minimum atomic E-state index is -1.90. The predicted octanol–water partition coefficient (Wildman–Crippen LogP) is 5.50. The van der Waals surface area contributed by atoms with Crippen molar-refractivity contribution in [2.75, 3.05) is 0 Å². The summed E-state index contributed by atoms with van der Waals surface area (Å²) in [4.78, 5) is 9.19. The number of hydrogen-bond donors (Lipinski definition) is 0. The quantitative estimate of drug-likeness (QED) is 0.601. The van der Waals surface area contributed by atoms with Gasteiger partial charge in [0, 0.05) is 23.5 Å². The van der Waals surface area contributed by atoms with Crippen molar-refractivity contribution in [2.24, 2.45) is 21.8 Å². The van der Waals surface area contributed by atoms with Crippen LogP contribution in [0.4, 0.5) is 0 Å². The van der Waals surface area contributed by atoms with Crippen LogP contribution in [0.3, 0.4) is 0 Å². The number of hydrogen-bond acceptors (Lipinski definition) is 2. The van der Waals surface area contributed by atoms with Crippen molar-refractivity contribution in [3.8, 4) is 0 Å². The maximum Gasteiger partial charge on any atom is 0.114 e. The Kier molecular flexibility index (Phi) is 3.62. The van der Waals surface area contributed by atoms with Gasteiger partial charge in [-0.3, -0.25) is 9.98 Å². The third kappa shape index (κ3) is 2.29. The second kappa shape index (κ2) is 5.50. The van der Waals surface area contributed by atoms with Gasteiger partial charge in [0.2, 0.25) is 0 Å². The normalized spacial score (nSPS) is 21.4. The van der Waals surface area contributed by atoms with Crippen LogP contribution in [0.25, 0.3) is 0 Å². The number of nitrogens with zero attached hydrogens (tertiary/aromatic N) is 2. The number of fused-ring (bicyclic) bond motifs is 2. The van der Waals surface area contributed by atoms with Gasteiger partial charge in [-0.25, -0.2) is 0 Å².